The zero-order valence-corrected chi connectivity index (χ0v) is 17.5. The van der Waals surface area contributed by atoms with E-state index >= 15 is 0 Å². The summed E-state index contributed by atoms with van der Waals surface area (Å²) in [6.45, 7) is 3.63. The van der Waals surface area contributed by atoms with Gasteiger partial charge in [-0.15, -0.1) is 0 Å². The van der Waals surface area contributed by atoms with Crippen LogP contribution in [0.15, 0.2) is 24.3 Å². The first kappa shape index (κ1) is 22.9. The Labute approximate surface area is 178 Å². The second kappa shape index (κ2) is 10.3. The summed E-state index contributed by atoms with van der Waals surface area (Å²) >= 11 is 0. The minimum absolute atomic E-state index is 0. The molecule has 0 saturated carbocycles. The van der Waals surface area contributed by atoms with Crippen LogP contribution in [0.5, 0.6) is 0 Å². The molecule has 0 radical (unpaired) electrons. The number of hydrogen-bond donors (Lipinski definition) is 3. The van der Waals surface area contributed by atoms with Crippen molar-refractivity contribution in [2.45, 2.75) is 20.3 Å². The van der Waals surface area contributed by atoms with E-state index in [4.69, 9.17) is 20.4 Å². The molecule has 0 saturated heterocycles. The number of nitrogen functional groups attached to an aromatic ring is 1. The Kier molecular flexibility index (Phi) is 8.71. The Hall–Kier alpha value is -2.13. The first-order chi connectivity index (χ1) is 12.4. The van der Waals surface area contributed by atoms with Crippen LogP contribution in [0.25, 0.3) is 11.1 Å². The maximum absolute atomic E-state index is 12.3. The van der Waals surface area contributed by atoms with Crippen LogP contribution in [0, 0.1) is 0 Å². The number of carbonyl (C=O) groups excluding carboxylic acids is 3. The molecule has 0 aromatic heterocycles. The molecule has 1 amide bonds. The van der Waals surface area contributed by atoms with Crippen LogP contribution >= 0.6 is 0 Å². The summed E-state index contributed by atoms with van der Waals surface area (Å²) in [5, 5.41) is 8.66. The van der Waals surface area contributed by atoms with Crippen LogP contribution < -0.4 is 40.8 Å². The van der Waals surface area contributed by atoms with E-state index in [9.17, 15) is 14.4 Å². The van der Waals surface area contributed by atoms with Gasteiger partial charge in [0.15, 0.2) is 0 Å². The van der Waals surface area contributed by atoms with E-state index in [0.29, 0.717) is 16.7 Å². The molecule has 2 rings (SSSR count). The van der Waals surface area contributed by atoms with Crippen molar-refractivity contribution in [3.05, 3.63) is 41.0 Å². The number of carbonyl (C=O) groups is 3. The van der Waals surface area contributed by atoms with Crippen molar-refractivity contribution >= 4 is 23.5 Å². The van der Waals surface area contributed by atoms with E-state index in [2.05, 4.69) is 0 Å². The molecule has 27 heavy (non-hydrogen) atoms. The van der Waals surface area contributed by atoms with Gasteiger partial charge in [0.05, 0.1) is 36.4 Å². The number of anilines is 1. The number of rotatable bonds is 6. The molecule has 0 heterocycles. The Morgan fingerprint density at radius 3 is 1.78 bits per heavy atom. The van der Waals surface area contributed by atoms with Crippen LogP contribution in [-0.2, 0) is 20.7 Å². The number of nitrogens with one attached hydrogen (secondary N) is 1. The van der Waals surface area contributed by atoms with E-state index in [1.54, 1.807) is 43.6 Å². The van der Waals surface area contributed by atoms with Gasteiger partial charge in [0.1, 0.15) is 0 Å². The normalized spacial score (nSPS) is 10.0. The zero-order chi connectivity index (χ0) is 19.3. The van der Waals surface area contributed by atoms with E-state index in [-0.39, 0.29) is 66.0 Å². The topological polar surface area (TPSA) is 128 Å². The predicted octanol–water partition coefficient (Wildman–Crippen LogP) is -1.22. The van der Waals surface area contributed by atoms with Gasteiger partial charge in [0.25, 0.3) is 0 Å². The number of esters is 2. The Morgan fingerprint density at radius 1 is 0.963 bits per heavy atom. The molecule has 0 aromatic rings. The van der Waals surface area contributed by atoms with Gasteiger partial charge in [0.2, 0.25) is 5.91 Å². The minimum atomic E-state index is -0.647. The van der Waals surface area contributed by atoms with Crippen LogP contribution in [0.3, 0.4) is 0 Å². The third kappa shape index (κ3) is 4.98. The number of hydroxylamine groups is 1. The first-order valence-corrected chi connectivity index (χ1v) is 8.05. The number of ether oxygens (including phenoxy) is 2. The number of amides is 1. The molecule has 138 valence electrons. The maximum atomic E-state index is 12.3. The summed E-state index contributed by atoms with van der Waals surface area (Å²) in [7, 11) is 0. The van der Waals surface area contributed by atoms with Crippen molar-refractivity contribution in [2.24, 2.45) is 0 Å². The van der Waals surface area contributed by atoms with Crippen molar-refractivity contribution in [1.82, 2.24) is 5.48 Å². The molecule has 0 fully saturated rings. The third-order valence-electron chi connectivity index (χ3n) is 3.74. The van der Waals surface area contributed by atoms with Gasteiger partial charge in [-0.2, -0.15) is 0 Å². The molecule has 9 heteroatoms. The van der Waals surface area contributed by atoms with Gasteiger partial charge in [-0.3, -0.25) is 10.0 Å². The minimum Gasteiger partial charge on any atom is -0.462 e. The van der Waals surface area contributed by atoms with Crippen LogP contribution in [0.1, 0.15) is 40.1 Å². The maximum Gasteiger partial charge on any atom is 1.00 e. The summed E-state index contributed by atoms with van der Waals surface area (Å²) in [6.07, 6.45) is -0.0767. The third-order valence-corrected chi connectivity index (χ3v) is 3.74. The molecule has 0 atom stereocenters. The van der Waals surface area contributed by atoms with Crippen LogP contribution in [0.4, 0.5) is 5.69 Å². The standard InChI is InChI=1S/C18H20N2O6.Na/c1-3-25-17(22)14-11-7-5-10(9-13(21)20-24)6-8-12(11)15(16(14)19)18(23)26-4-2;/h5-8,24H,3-4,9,19H2,1-2H3,(H,20,21);/q;+1. The molecular formula is C18H20N2NaO6+. The van der Waals surface area contributed by atoms with Gasteiger partial charge in [-0.1, -0.05) is 24.3 Å². The molecular weight excluding hydrogens is 363 g/mol. The van der Waals surface area contributed by atoms with Crippen molar-refractivity contribution < 1.29 is 58.6 Å². The van der Waals surface area contributed by atoms with E-state index in [1.807, 2.05) is 0 Å². The van der Waals surface area contributed by atoms with Crippen LogP contribution in [-0.4, -0.2) is 36.3 Å². The van der Waals surface area contributed by atoms with E-state index in [0.717, 1.165) is 0 Å². The largest absolute Gasteiger partial charge is 1.00 e. The Balaban J connectivity index is 0.00000364. The molecule has 0 bridgehead atoms. The molecule has 4 N–H and O–H groups in total. The van der Waals surface area contributed by atoms with E-state index < -0.39 is 17.8 Å². The molecule has 0 aliphatic heterocycles. The zero-order valence-electron chi connectivity index (χ0n) is 15.5. The van der Waals surface area contributed by atoms with Crippen LogP contribution in [0.2, 0.25) is 0 Å². The predicted molar refractivity (Wildman–Crippen MR) is 93.0 cm³/mol. The quantitative estimate of drug-likeness (QED) is 0.247. The molecule has 0 aromatic carbocycles. The van der Waals surface area contributed by atoms with Crippen molar-refractivity contribution in [3.63, 3.8) is 0 Å². The van der Waals surface area contributed by atoms with Crippen molar-refractivity contribution in [1.29, 1.82) is 0 Å². The molecule has 0 unspecified atom stereocenters. The monoisotopic (exact) mass is 383 g/mol. The first-order valence-electron chi connectivity index (χ1n) is 8.05. The number of hydrogen-bond acceptors (Lipinski definition) is 7. The summed E-state index contributed by atoms with van der Waals surface area (Å²) < 4.78 is 10.1. The molecule has 8 nitrogen and oxygen atoms in total. The van der Waals surface area contributed by atoms with Gasteiger partial charge >= 0.3 is 41.5 Å². The van der Waals surface area contributed by atoms with Gasteiger partial charge in [0, 0.05) is 0 Å². The fraction of sp³-hybridized carbons (Fsp3) is 0.278. The summed E-state index contributed by atoms with van der Waals surface area (Å²) in [4.78, 5) is 36.0. The summed E-state index contributed by atoms with van der Waals surface area (Å²) in [6, 6.07) is 6.38. The Bertz CT molecular complexity index is 768. The fourth-order valence-electron chi connectivity index (χ4n) is 2.66. The van der Waals surface area contributed by atoms with E-state index in [1.165, 1.54) is 0 Å². The summed E-state index contributed by atoms with van der Waals surface area (Å²) in [5.41, 5.74) is 9.17. The number of fused-ring (bicyclic) bond motifs is 1. The second-order valence-electron chi connectivity index (χ2n) is 5.39. The second-order valence-corrected chi connectivity index (χ2v) is 5.39. The smallest absolute Gasteiger partial charge is 0.462 e. The SMILES string of the molecule is CCOC(=O)c1c2ccc(CC(=O)NO)ccc-2c(C(=O)OCC)c1N.[Na+]. The average Bonchev–Trinajstić information content (AvgIpc) is 2.74. The molecule has 2 aliphatic carbocycles. The van der Waals surface area contributed by atoms with Crippen molar-refractivity contribution in [3.8, 4) is 11.1 Å². The van der Waals surface area contributed by atoms with Gasteiger partial charge < -0.3 is 15.2 Å². The summed E-state index contributed by atoms with van der Waals surface area (Å²) in [5.74, 6) is -1.88. The fourth-order valence-corrected chi connectivity index (χ4v) is 2.66. The van der Waals surface area contributed by atoms with Crippen molar-refractivity contribution in [2.75, 3.05) is 18.9 Å². The molecule has 0 spiro atoms. The van der Waals surface area contributed by atoms with Gasteiger partial charge in [-0.05, 0) is 30.5 Å². The average molecular weight is 383 g/mol. The molecule has 2 aliphatic rings. The number of nitrogens with two attached hydrogens (primary N) is 1. The Morgan fingerprint density at radius 2 is 1.41 bits per heavy atom. The van der Waals surface area contributed by atoms with Gasteiger partial charge in [-0.25, -0.2) is 15.1 Å².